The van der Waals surface area contributed by atoms with Gasteiger partial charge in [0.1, 0.15) is 12.3 Å². The Hall–Kier alpha value is -2.33. The molecule has 0 saturated heterocycles. The van der Waals surface area contributed by atoms with Gasteiger partial charge in [-0.05, 0) is 30.5 Å². The Bertz CT molecular complexity index is 786. The van der Waals surface area contributed by atoms with E-state index >= 15 is 0 Å². The number of hydrogen-bond donors (Lipinski definition) is 0. The molecule has 0 aliphatic rings. The van der Waals surface area contributed by atoms with E-state index in [9.17, 15) is 4.79 Å². The first-order valence-corrected chi connectivity index (χ1v) is 12.7. The zero-order chi connectivity index (χ0) is 23.9. The molecule has 2 aromatic carbocycles. The predicted molar refractivity (Wildman–Crippen MR) is 136 cm³/mol. The van der Waals surface area contributed by atoms with Gasteiger partial charge in [-0.1, -0.05) is 81.5 Å². The smallest absolute Gasteiger partial charge is 0.309 e. The maximum atomic E-state index is 12.2. The molecule has 2 aromatic rings. The molecule has 0 heterocycles. The van der Waals surface area contributed by atoms with E-state index in [1.807, 2.05) is 18.2 Å². The van der Waals surface area contributed by atoms with Crippen molar-refractivity contribution in [3.05, 3.63) is 65.7 Å². The summed E-state index contributed by atoms with van der Waals surface area (Å²) in [5.41, 5.74) is 2.64. The van der Waals surface area contributed by atoms with Crippen molar-refractivity contribution in [2.75, 3.05) is 20.6 Å². The number of nitrogens with zero attached hydrogens (tertiary/aromatic N) is 1. The average molecular weight is 455 g/mol. The molecule has 0 radical (unpaired) electrons. The number of hydrogen-bond acceptors (Lipinski definition) is 3. The number of carbonyl (C=O) groups excluding carboxylic acids is 1. The quantitative estimate of drug-likeness (QED) is 0.120. The molecule has 0 aliphatic carbocycles. The fraction of sp³-hybridized carbons (Fsp3) is 0.552. The summed E-state index contributed by atoms with van der Waals surface area (Å²) >= 11 is 0. The van der Waals surface area contributed by atoms with E-state index in [1.165, 1.54) is 49.7 Å². The lowest BCUT2D eigenvalue weighted by atomic mass is 10.0. The van der Waals surface area contributed by atoms with Gasteiger partial charge in [0, 0.05) is 18.9 Å². The molecule has 1 unspecified atom stereocenters. The minimum absolute atomic E-state index is 0.207. The third-order valence-electron chi connectivity index (χ3n) is 5.94. The van der Waals surface area contributed by atoms with Crippen molar-refractivity contribution >= 4 is 5.97 Å². The first kappa shape index (κ1) is 26.9. The van der Waals surface area contributed by atoms with Gasteiger partial charge in [0.2, 0.25) is 6.29 Å². The van der Waals surface area contributed by atoms with Crippen LogP contribution in [0.3, 0.4) is 0 Å². The minimum atomic E-state index is -0.589. The molecule has 33 heavy (non-hydrogen) atoms. The predicted octanol–water partition coefficient (Wildman–Crippen LogP) is 6.91. The van der Waals surface area contributed by atoms with Gasteiger partial charge in [0.05, 0.1) is 27.1 Å². The lowest BCUT2D eigenvalue weighted by Gasteiger charge is -2.29. The second-order valence-electron chi connectivity index (χ2n) is 9.74. The normalized spacial score (nSPS) is 12.4. The molecule has 4 heteroatoms. The highest BCUT2D eigenvalue weighted by Gasteiger charge is 2.18. The highest BCUT2D eigenvalue weighted by atomic mass is 16.7. The summed E-state index contributed by atoms with van der Waals surface area (Å²) in [6, 6.07) is 18.6. The van der Waals surface area contributed by atoms with Crippen molar-refractivity contribution in [3.63, 3.8) is 0 Å². The van der Waals surface area contributed by atoms with Crippen molar-refractivity contribution in [2.45, 2.75) is 84.5 Å². The van der Waals surface area contributed by atoms with Crippen LogP contribution >= 0.6 is 0 Å². The van der Waals surface area contributed by atoms with Crippen LogP contribution in [0, 0.1) is 0 Å². The fourth-order valence-corrected chi connectivity index (χ4v) is 4.11. The number of esters is 1. The molecule has 2 rings (SSSR count). The second kappa shape index (κ2) is 14.7. The van der Waals surface area contributed by atoms with Crippen LogP contribution in [0.5, 0.6) is 5.75 Å². The molecule has 0 bridgehead atoms. The number of benzene rings is 2. The molecule has 0 aromatic heterocycles. The van der Waals surface area contributed by atoms with Crippen LogP contribution in [0.15, 0.2) is 54.6 Å². The highest BCUT2D eigenvalue weighted by Crippen LogP contribution is 2.17. The number of rotatable bonds is 16. The first-order chi connectivity index (χ1) is 15.9. The van der Waals surface area contributed by atoms with Crippen LogP contribution in [0.25, 0.3) is 0 Å². The molecule has 1 atom stereocenters. The topological polar surface area (TPSA) is 35.5 Å². The Morgan fingerprint density at radius 1 is 0.848 bits per heavy atom. The Morgan fingerprint density at radius 3 is 2.21 bits per heavy atom. The van der Waals surface area contributed by atoms with Crippen molar-refractivity contribution in [2.24, 2.45) is 0 Å². The zero-order valence-corrected chi connectivity index (χ0v) is 21.2. The van der Waals surface area contributed by atoms with E-state index in [0.717, 1.165) is 36.2 Å². The summed E-state index contributed by atoms with van der Waals surface area (Å²) in [4.78, 5) is 12.2. The lowest BCUT2D eigenvalue weighted by Crippen LogP contribution is -2.39. The Kier molecular flexibility index (Phi) is 12.0. The molecule has 0 N–H and O–H groups in total. The van der Waals surface area contributed by atoms with Crippen molar-refractivity contribution in [3.8, 4) is 5.75 Å². The largest absolute Gasteiger partial charge is 0.455 e. The van der Waals surface area contributed by atoms with Crippen molar-refractivity contribution < 1.29 is 18.8 Å². The van der Waals surface area contributed by atoms with E-state index in [0.29, 0.717) is 6.42 Å². The van der Waals surface area contributed by atoms with Crippen LogP contribution in [-0.2, 0) is 22.5 Å². The van der Waals surface area contributed by atoms with Crippen molar-refractivity contribution in [1.29, 1.82) is 0 Å². The van der Waals surface area contributed by atoms with Gasteiger partial charge < -0.3 is 14.0 Å². The Morgan fingerprint density at radius 2 is 1.52 bits per heavy atom. The number of aryl methyl sites for hydroxylation is 1. The second-order valence-corrected chi connectivity index (χ2v) is 9.74. The van der Waals surface area contributed by atoms with Gasteiger partial charge in [0.15, 0.2) is 0 Å². The van der Waals surface area contributed by atoms with Gasteiger partial charge in [-0.15, -0.1) is 0 Å². The van der Waals surface area contributed by atoms with Crippen molar-refractivity contribution in [1.82, 2.24) is 0 Å². The molecule has 4 nitrogen and oxygen atoms in total. The van der Waals surface area contributed by atoms with E-state index in [2.05, 4.69) is 57.4 Å². The molecule has 0 fully saturated rings. The SMILES string of the molecule is CCCCCCCCc1ccc(OC(C)OC(=O)CCC[N+](C)(C)Cc2ccccc2)cc1. The van der Waals surface area contributed by atoms with Gasteiger partial charge in [0.25, 0.3) is 0 Å². The average Bonchev–Trinajstić information content (AvgIpc) is 2.77. The van der Waals surface area contributed by atoms with Gasteiger partial charge in [-0.3, -0.25) is 4.79 Å². The summed E-state index contributed by atoms with van der Waals surface area (Å²) in [5, 5.41) is 0. The number of quaternary nitrogens is 1. The Labute approximate surface area is 201 Å². The third kappa shape index (κ3) is 11.9. The maximum absolute atomic E-state index is 12.2. The molecule has 182 valence electrons. The van der Waals surface area contributed by atoms with E-state index in [1.54, 1.807) is 6.92 Å². The molecule has 0 spiro atoms. The summed E-state index contributed by atoms with van der Waals surface area (Å²) in [6.45, 7) is 5.89. The van der Waals surface area contributed by atoms with E-state index in [4.69, 9.17) is 9.47 Å². The highest BCUT2D eigenvalue weighted by molar-refractivity contribution is 5.69. The Balaban J connectivity index is 1.63. The van der Waals surface area contributed by atoms with Gasteiger partial charge in [-0.25, -0.2) is 0 Å². The molecular formula is C29H44NO3+. The summed E-state index contributed by atoms with van der Waals surface area (Å²) in [6.07, 6.45) is 9.57. The van der Waals surface area contributed by atoms with Crippen LogP contribution in [-0.4, -0.2) is 37.4 Å². The molecule has 0 aliphatic heterocycles. The van der Waals surface area contributed by atoms with Gasteiger partial charge in [-0.2, -0.15) is 0 Å². The first-order valence-electron chi connectivity index (χ1n) is 12.7. The number of ether oxygens (including phenoxy) is 2. The zero-order valence-electron chi connectivity index (χ0n) is 21.2. The van der Waals surface area contributed by atoms with Crippen LogP contribution in [0.4, 0.5) is 0 Å². The summed E-state index contributed by atoms with van der Waals surface area (Å²) in [7, 11) is 4.39. The van der Waals surface area contributed by atoms with Crippen LogP contribution < -0.4 is 4.74 Å². The van der Waals surface area contributed by atoms with Gasteiger partial charge >= 0.3 is 5.97 Å². The fourth-order valence-electron chi connectivity index (χ4n) is 4.11. The van der Waals surface area contributed by atoms with Crippen LogP contribution in [0.1, 0.15) is 76.3 Å². The standard InChI is InChI=1S/C29H44NO3/c1-5-6-7-8-9-11-15-26-19-21-28(22-20-26)32-25(2)33-29(31)18-14-23-30(3,4)24-27-16-12-10-13-17-27/h10,12-13,16-17,19-22,25H,5-9,11,14-15,18,23-24H2,1-4H3/q+1. The molecule has 0 amide bonds. The molecular weight excluding hydrogens is 410 g/mol. The summed E-state index contributed by atoms with van der Waals surface area (Å²) in [5.74, 6) is 0.532. The van der Waals surface area contributed by atoms with E-state index in [-0.39, 0.29) is 5.97 Å². The third-order valence-corrected chi connectivity index (χ3v) is 5.94. The monoisotopic (exact) mass is 454 g/mol. The molecule has 0 saturated carbocycles. The maximum Gasteiger partial charge on any atom is 0.309 e. The summed E-state index contributed by atoms with van der Waals surface area (Å²) < 4.78 is 12.1. The van der Waals surface area contributed by atoms with Crippen LogP contribution in [0.2, 0.25) is 0 Å². The van der Waals surface area contributed by atoms with E-state index < -0.39 is 6.29 Å². The lowest BCUT2D eigenvalue weighted by molar-refractivity contribution is -0.903. The number of carbonyl (C=O) groups is 1. The number of unbranched alkanes of at least 4 members (excludes halogenated alkanes) is 5. The minimum Gasteiger partial charge on any atom is -0.455 e.